The number of rotatable bonds is 3. The highest BCUT2D eigenvalue weighted by Gasteiger charge is 2.16. The molecule has 6 nitrogen and oxygen atoms in total. The largest absolute Gasteiger partial charge is 0.472 e. The predicted molar refractivity (Wildman–Crippen MR) is 114 cm³/mol. The Morgan fingerprint density at radius 3 is 2.76 bits per heavy atom. The zero-order chi connectivity index (χ0) is 19.2. The molecule has 0 amide bonds. The Morgan fingerprint density at radius 1 is 0.931 bits per heavy atom. The normalized spacial score (nSPS) is 14.6. The van der Waals surface area contributed by atoms with Crippen LogP contribution in [0.5, 0.6) is 0 Å². The van der Waals surface area contributed by atoms with E-state index in [0.717, 1.165) is 64.0 Å². The summed E-state index contributed by atoms with van der Waals surface area (Å²) in [7, 11) is 0. The Hall–Kier alpha value is -3.64. The molecule has 3 N–H and O–H groups in total. The predicted octanol–water partition coefficient (Wildman–Crippen LogP) is 4.74. The topological polar surface area (TPSA) is 82.5 Å². The third-order valence-electron chi connectivity index (χ3n) is 5.60. The summed E-state index contributed by atoms with van der Waals surface area (Å²) < 4.78 is 5.25. The van der Waals surface area contributed by atoms with Gasteiger partial charge >= 0.3 is 0 Å². The lowest BCUT2D eigenvalue weighted by Gasteiger charge is -2.14. The molecule has 0 saturated heterocycles. The summed E-state index contributed by atoms with van der Waals surface area (Å²) >= 11 is 0. The lowest BCUT2D eigenvalue weighted by atomic mass is 9.98. The van der Waals surface area contributed by atoms with Gasteiger partial charge in [-0.25, -0.2) is 0 Å². The molecule has 0 spiro atoms. The monoisotopic (exact) mass is 381 g/mol. The summed E-state index contributed by atoms with van der Waals surface area (Å²) in [5.74, 6) is 0. The summed E-state index contributed by atoms with van der Waals surface area (Å²) in [6.45, 7) is 1.95. The highest BCUT2D eigenvalue weighted by atomic mass is 16.3. The van der Waals surface area contributed by atoms with Crippen molar-refractivity contribution in [1.29, 1.82) is 0 Å². The molecule has 1 aliphatic rings. The van der Waals surface area contributed by atoms with E-state index < -0.39 is 0 Å². The first kappa shape index (κ1) is 16.3. The SMILES string of the molecule is C1=C(c2ccc3[nH]nc(-c4cc5c(-c6ccoc6)nccc5[nH]4)c3c2)CCNC1. The van der Waals surface area contributed by atoms with Crippen molar-refractivity contribution in [3.05, 3.63) is 66.8 Å². The van der Waals surface area contributed by atoms with Crippen LogP contribution in [0.4, 0.5) is 0 Å². The Balaban J connectivity index is 1.50. The molecule has 4 aromatic heterocycles. The average Bonchev–Trinajstić information content (AvgIpc) is 3.52. The van der Waals surface area contributed by atoms with E-state index in [1.807, 2.05) is 18.3 Å². The Kier molecular flexibility index (Phi) is 3.64. The van der Waals surface area contributed by atoms with Crippen LogP contribution in [0.2, 0.25) is 0 Å². The molecule has 0 unspecified atom stereocenters. The van der Waals surface area contributed by atoms with Gasteiger partial charge in [-0.3, -0.25) is 10.1 Å². The number of nitrogens with one attached hydrogen (secondary N) is 3. The number of pyridine rings is 1. The third kappa shape index (κ3) is 2.68. The molecule has 0 aliphatic carbocycles. The third-order valence-corrected chi connectivity index (χ3v) is 5.60. The summed E-state index contributed by atoms with van der Waals surface area (Å²) in [5.41, 5.74) is 8.47. The van der Waals surface area contributed by atoms with Gasteiger partial charge in [0, 0.05) is 34.6 Å². The Bertz CT molecular complexity index is 1360. The van der Waals surface area contributed by atoms with Gasteiger partial charge in [-0.15, -0.1) is 0 Å². The van der Waals surface area contributed by atoms with Gasteiger partial charge < -0.3 is 14.7 Å². The molecule has 0 bridgehead atoms. The standard InChI is InChI=1S/C23H19N5O/c1-2-20-17(11-15(1)14-3-7-24-8-4-14)23(28-27-20)21-12-18-19(26-21)5-9-25-22(18)16-6-10-29-13-16/h1-3,5-6,9-13,24,26H,4,7-8H2,(H,27,28). The van der Waals surface area contributed by atoms with Crippen LogP contribution in [0, 0.1) is 0 Å². The minimum Gasteiger partial charge on any atom is -0.472 e. The molecule has 5 heterocycles. The van der Waals surface area contributed by atoms with E-state index >= 15 is 0 Å². The van der Waals surface area contributed by atoms with Gasteiger partial charge in [0.25, 0.3) is 0 Å². The van der Waals surface area contributed by atoms with Crippen LogP contribution in [0.15, 0.2) is 65.6 Å². The number of H-pyrrole nitrogens is 2. The fraction of sp³-hybridized carbons (Fsp3) is 0.130. The molecule has 5 aromatic rings. The van der Waals surface area contributed by atoms with Crippen molar-refractivity contribution in [2.75, 3.05) is 13.1 Å². The number of fused-ring (bicyclic) bond motifs is 2. The number of hydrogen-bond acceptors (Lipinski definition) is 4. The van der Waals surface area contributed by atoms with Crippen LogP contribution in [0.25, 0.3) is 50.0 Å². The number of aromatic nitrogens is 4. The number of aromatic amines is 2. The molecular formula is C23H19N5O. The smallest absolute Gasteiger partial charge is 0.116 e. The minimum atomic E-state index is 0.902. The van der Waals surface area contributed by atoms with Crippen molar-refractivity contribution < 1.29 is 4.42 Å². The van der Waals surface area contributed by atoms with Crippen LogP contribution in [0.3, 0.4) is 0 Å². The van der Waals surface area contributed by atoms with Gasteiger partial charge in [0.1, 0.15) is 5.69 Å². The summed E-state index contributed by atoms with van der Waals surface area (Å²) in [5, 5.41) is 13.3. The van der Waals surface area contributed by atoms with Crippen LogP contribution >= 0.6 is 0 Å². The highest BCUT2D eigenvalue weighted by molar-refractivity contribution is 6.00. The fourth-order valence-corrected chi connectivity index (χ4v) is 4.11. The lowest BCUT2D eigenvalue weighted by Crippen LogP contribution is -2.19. The average molecular weight is 381 g/mol. The highest BCUT2D eigenvalue weighted by Crippen LogP contribution is 2.34. The van der Waals surface area contributed by atoms with Crippen molar-refractivity contribution in [1.82, 2.24) is 25.5 Å². The van der Waals surface area contributed by atoms with Gasteiger partial charge in [-0.2, -0.15) is 5.10 Å². The molecule has 6 rings (SSSR count). The van der Waals surface area contributed by atoms with E-state index in [4.69, 9.17) is 4.42 Å². The molecule has 0 saturated carbocycles. The zero-order valence-electron chi connectivity index (χ0n) is 15.7. The first-order valence-corrected chi connectivity index (χ1v) is 9.76. The molecule has 0 atom stereocenters. The van der Waals surface area contributed by atoms with Crippen molar-refractivity contribution in [3.8, 4) is 22.6 Å². The van der Waals surface area contributed by atoms with Gasteiger partial charge in [0.2, 0.25) is 0 Å². The van der Waals surface area contributed by atoms with Crippen molar-refractivity contribution in [2.45, 2.75) is 6.42 Å². The number of furan rings is 1. The molecule has 29 heavy (non-hydrogen) atoms. The van der Waals surface area contributed by atoms with Crippen LogP contribution < -0.4 is 5.32 Å². The van der Waals surface area contributed by atoms with Crippen molar-refractivity contribution in [2.24, 2.45) is 0 Å². The van der Waals surface area contributed by atoms with Gasteiger partial charge in [0.15, 0.2) is 0 Å². The second-order valence-corrected chi connectivity index (χ2v) is 7.33. The number of benzene rings is 1. The maximum Gasteiger partial charge on any atom is 0.116 e. The van der Waals surface area contributed by atoms with Crippen LogP contribution in [-0.2, 0) is 0 Å². The second-order valence-electron chi connectivity index (χ2n) is 7.33. The van der Waals surface area contributed by atoms with Crippen molar-refractivity contribution in [3.63, 3.8) is 0 Å². The first-order valence-electron chi connectivity index (χ1n) is 9.76. The van der Waals surface area contributed by atoms with E-state index in [0.29, 0.717) is 0 Å². The van der Waals surface area contributed by atoms with Crippen molar-refractivity contribution >= 4 is 27.4 Å². The Morgan fingerprint density at radius 2 is 1.90 bits per heavy atom. The van der Waals surface area contributed by atoms with E-state index in [-0.39, 0.29) is 0 Å². The van der Waals surface area contributed by atoms with Gasteiger partial charge in [-0.1, -0.05) is 12.1 Å². The molecular weight excluding hydrogens is 362 g/mol. The number of hydrogen-bond donors (Lipinski definition) is 3. The summed E-state index contributed by atoms with van der Waals surface area (Å²) in [4.78, 5) is 8.07. The maximum atomic E-state index is 5.25. The maximum absolute atomic E-state index is 5.25. The molecule has 0 fully saturated rings. The number of nitrogens with zero attached hydrogens (tertiary/aromatic N) is 2. The Labute approximate surface area is 166 Å². The molecule has 1 aliphatic heterocycles. The quantitative estimate of drug-likeness (QED) is 0.421. The summed E-state index contributed by atoms with van der Waals surface area (Å²) in [6, 6.07) is 12.6. The van der Waals surface area contributed by atoms with Crippen LogP contribution in [0.1, 0.15) is 12.0 Å². The molecule has 0 radical (unpaired) electrons. The van der Waals surface area contributed by atoms with Gasteiger partial charge in [0.05, 0.1) is 29.4 Å². The summed E-state index contributed by atoms with van der Waals surface area (Å²) in [6.07, 6.45) is 8.52. The lowest BCUT2D eigenvalue weighted by molar-refractivity contribution is 0.568. The van der Waals surface area contributed by atoms with E-state index in [2.05, 4.69) is 55.8 Å². The fourth-order valence-electron chi connectivity index (χ4n) is 4.11. The first-order chi connectivity index (χ1) is 14.4. The molecule has 1 aromatic carbocycles. The van der Waals surface area contributed by atoms with Crippen LogP contribution in [-0.4, -0.2) is 33.3 Å². The second kappa shape index (κ2) is 6.46. The minimum absolute atomic E-state index is 0.902. The zero-order valence-corrected chi connectivity index (χ0v) is 15.7. The molecule has 142 valence electrons. The van der Waals surface area contributed by atoms with E-state index in [1.54, 1.807) is 12.5 Å². The molecule has 6 heteroatoms. The van der Waals surface area contributed by atoms with E-state index in [9.17, 15) is 0 Å². The van der Waals surface area contributed by atoms with E-state index in [1.165, 1.54) is 11.1 Å². The van der Waals surface area contributed by atoms with Gasteiger partial charge in [-0.05, 0) is 54.4 Å².